The molecule has 1 unspecified atom stereocenters. The SMILES string of the molecule is CC(C)c1c(C2CNCCO2)ccc2c1OCCO2. The van der Waals surface area contributed by atoms with Gasteiger partial charge in [0.1, 0.15) is 13.2 Å². The van der Waals surface area contributed by atoms with Crippen LogP contribution in [0.2, 0.25) is 0 Å². The summed E-state index contributed by atoms with van der Waals surface area (Å²) in [6, 6.07) is 4.13. The predicted octanol–water partition coefficient (Wildman–Crippen LogP) is 2.24. The molecule has 4 heteroatoms. The maximum atomic E-state index is 5.89. The lowest BCUT2D eigenvalue weighted by atomic mass is 9.91. The first-order chi connectivity index (χ1) is 9.27. The highest BCUT2D eigenvalue weighted by Crippen LogP contribution is 2.42. The van der Waals surface area contributed by atoms with Crippen molar-refractivity contribution in [3.05, 3.63) is 23.3 Å². The molecule has 1 N–H and O–H groups in total. The number of hydrogen-bond donors (Lipinski definition) is 1. The quantitative estimate of drug-likeness (QED) is 0.888. The number of hydrogen-bond acceptors (Lipinski definition) is 4. The van der Waals surface area contributed by atoms with Gasteiger partial charge in [0, 0.05) is 18.7 Å². The molecule has 0 aromatic heterocycles. The molecule has 104 valence electrons. The second-order valence-electron chi connectivity index (χ2n) is 5.31. The molecule has 2 heterocycles. The van der Waals surface area contributed by atoms with Gasteiger partial charge in [0.05, 0.1) is 12.7 Å². The van der Waals surface area contributed by atoms with Crippen molar-refractivity contribution in [2.75, 3.05) is 32.9 Å². The van der Waals surface area contributed by atoms with Crippen LogP contribution in [0.4, 0.5) is 0 Å². The summed E-state index contributed by atoms with van der Waals surface area (Å²) in [4.78, 5) is 0. The van der Waals surface area contributed by atoms with E-state index in [0.717, 1.165) is 31.2 Å². The smallest absolute Gasteiger partial charge is 0.165 e. The highest BCUT2D eigenvalue weighted by Gasteiger charge is 2.26. The summed E-state index contributed by atoms with van der Waals surface area (Å²) in [5.41, 5.74) is 2.46. The van der Waals surface area contributed by atoms with Gasteiger partial charge < -0.3 is 19.5 Å². The van der Waals surface area contributed by atoms with E-state index in [1.807, 2.05) is 6.07 Å². The number of nitrogens with one attached hydrogen (secondary N) is 1. The Kier molecular flexibility index (Phi) is 3.62. The number of ether oxygens (including phenoxy) is 3. The molecule has 1 atom stereocenters. The van der Waals surface area contributed by atoms with Crippen molar-refractivity contribution in [1.82, 2.24) is 5.32 Å². The number of morpholine rings is 1. The van der Waals surface area contributed by atoms with Crippen LogP contribution in [0, 0.1) is 0 Å². The highest BCUT2D eigenvalue weighted by molar-refractivity contribution is 5.53. The third-order valence-electron chi connectivity index (χ3n) is 3.63. The van der Waals surface area contributed by atoms with Gasteiger partial charge in [-0.05, 0) is 17.5 Å². The van der Waals surface area contributed by atoms with Crippen LogP contribution < -0.4 is 14.8 Å². The van der Waals surface area contributed by atoms with Crippen molar-refractivity contribution in [1.29, 1.82) is 0 Å². The standard InChI is InChI=1S/C15H21NO3/c1-10(2)14-11(13-9-16-5-6-17-13)3-4-12-15(14)19-8-7-18-12/h3-4,10,13,16H,5-9H2,1-2H3. The lowest BCUT2D eigenvalue weighted by molar-refractivity contribution is 0.0266. The maximum Gasteiger partial charge on any atom is 0.165 e. The van der Waals surface area contributed by atoms with E-state index < -0.39 is 0 Å². The lowest BCUT2D eigenvalue weighted by Crippen LogP contribution is -2.34. The molecule has 0 radical (unpaired) electrons. The summed E-state index contributed by atoms with van der Waals surface area (Å²) >= 11 is 0. The summed E-state index contributed by atoms with van der Waals surface area (Å²) in [7, 11) is 0. The molecule has 2 aliphatic heterocycles. The van der Waals surface area contributed by atoms with E-state index in [2.05, 4.69) is 25.2 Å². The molecule has 0 spiro atoms. The van der Waals surface area contributed by atoms with Gasteiger partial charge >= 0.3 is 0 Å². The van der Waals surface area contributed by atoms with Gasteiger partial charge in [0.2, 0.25) is 0 Å². The highest BCUT2D eigenvalue weighted by atomic mass is 16.6. The van der Waals surface area contributed by atoms with E-state index in [1.54, 1.807) is 0 Å². The molecule has 19 heavy (non-hydrogen) atoms. The van der Waals surface area contributed by atoms with E-state index in [-0.39, 0.29) is 6.10 Å². The molecule has 0 bridgehead atoms. The molecule has 3 rings (SSSR count). The Bertz CT molecular complexity index is 453. The van der Waals surface area contributed by atoms with Gasteiger partial charge in [-0.1, -0.05) is 19.9 Å². The van der Waals surface area contributed by atoms with Crippen molar-refractivity contribution in [3.63, 3.8) is 0 Å². The van der Waals surface area contributed by atoms with E-state index in [9.17, 15) is 0 Å². The summed E-state index contributed by atoms with van der Waals surface area (Å²) in [6.07, 6.45) is 0.113. The minimum absolute atomic E-state index is 0.113. The summed E-state index contributed by atoms with van der Waals surface area (Å²) in [5.74, 6) is 2.16. The zero-order valence-corrected chi connectivity index (χ0v) is 11.6. The van der Waals surface area contributed by atoms with E-state index in [0.29, 0.717) is 19.1 Å². The number of fused-ring (bicyclic) bond motifs is 1. The van der Waals surface area contributed by atoms with Gasteiger partial charge in [-0.2, -0.15) is 0 Å². The zero-order valence-electron chi connectivity index (χ0n) is 11.6. The molecule has 0 aliphatic carbocycles. The van der Waals surface area contributed by atoms with Crippen molar-refractivity contribution >= 4 is 0 Å². The first kappa shape index (κ1) is 12.8. The normalized spacial score (nSPS) is 22.6. The Morgan fingerprint density at radius 1 is 1.16 bits per heavy atom. The summed E-state index contributed by atoms with van der Waals surface area (Å²) in [5, 5.41) is 3.38. The summed E-state index contributed by atoms with van der Waals surface area (Å²) < 4.78 is 17.4. The predicted molar refractivity (Wildman–Crippen MR) is 73.1 cm³/mol. The van der Waals surface area contributed by atoms with Crippen molar-refractivity contribution in [2.45, 2.75) is 25.9 Å². The minimum Gasteiger partial charge on any atom is -0.486 e. The molecule has 1 aromatic carbocycles. The fraction of sp³-hybridized carbons (Fsp3) is 0.600. The van der Waals surface area contributed by atoms with Crippen molar-refractivity contribution in [3.8, 4) is 11.5 Å². The molecule has 0 saturated carbocycles. The van der Waals surface area contributed by atoms with E-state index >= 15 is 0 Å². The second kappa shape index (κ2) is 5.39. The van der Waals surface area contributed by atoms with Gasteiger partial charge in [-0.3, -0.25) is 0 Å². The van der Waals surface area contributed by atoms with Crippen LogP contribution in [0.1, 0.15) is 37.0 Å². The fourth-order valence-electron chi connectivity index (χ4n) is 2.79. The van der Waals surface area contributed by atoms with Crippen molar-refractivity contribution < 1.29 is 14.2 Å². The zero-order chi connectivity index (χ0) is 13.2. The van der Waals surface area contributed by atoms with Crippen LogP contribution in [-0.4, -0.2) is 32.9 Å². The third-order valence-corrected chi connectivity index (χ3v) is 3.63. The monoisotopic (exact) mass is 263 g/mol. The maximum absolute atomic E-state index is 5.89. The van der Waals surface area contributed by atoms with E-state index in [4.69, 9.17) is 14.2 Å². The average molecular weight is 263 g/mol. The first-order valence-electron chi connectivity index (χ1n) is 7.02. The Morgan fingerprint density at radius 2 is 2.00 bits per heavy atom. The van der Waals surface area contributed by atoms with Crippen LogP contribution >= 0.6 is 0 Å². The molecule has 2 aliphatic rings. The molecule has 1 fully saturated rings. The van der Waals surface area contributed by atoms with Crippen LogP contribution in [-0.2, 0) is 4.74 Å². The molecular weight excluding hydrogens is 242 g/mol. The molecule has 1 saturated heterocycles. The largest absolute Gasteiger partial charge is 0.486 e. The number of rotatable bonds is 2. The molecular formula is C15H21NO3. The Morgan fingerprint density at radius 3 is 2.74 bits per heavy atom. The van der Waals surface area contributed by atoms with Gasteiger partial charge in [0.25, 0.3) is 0 Å². The lowest BCUT2D eigenvalue weighted by Gasteiger charge is -2.30. The Balaban J connectivity index is 2.03. The Labute approximate surface area is 114 Å². The average Bonchev–Trinajstić information content (AvgIpc) is 2.46. The molecule has 0 amide bonds. The summed E-state index contributed by atoms with van der Waals surface area (Å²) in [6.45, 7) is 8.18. The van der Waals surface area contributed by atoms with Crippen LogP contribution in [0.5, 0.6) is 11.5 Å². The van der Waals surface area contributed by atoms with Gasteiger partial charge in [-0.15, -0.1) is 0 Å². The second-order valence-corrected chi connectivity index (χ2v) is 5.31. The molecule has 1 aromatic rings. The van der Waals surface area contributed by atoms with Crippen molar-refractivity contribution in [2.24, 2.45) is 0 Å². The van der Waals surface area contributed by atoms with Gasteiger partial charge in [-0.25, -0.2) is 0 Å². The number of benzene rings is 1. The third kappa shape index (κ3) is 2.42. The van der Waals surface area contributed by atoms with E-state index in [1.165, 1.54) is 11.1 Å². The van der Waals surface area contributed by atoms with Crippen LogP contribution in [0.25, 0.3) is 0 Å². The fourth-order valence-corrected chi connectivity index (χ4v) is 2.79. The minimum atomic E-state index is 0.113. The first-order valence-corrected chi connectivity index (χ1v) is 7.02. The molecule has 4 nitrogen and oxygen atoms in total. The Hall–Kier alpha value is -1.26. The van der Waals surface area contributed by atoms with Gasteiger partial charge in [0.15, 0.2) is 11.5 Å². The van der Waals surface area contributed by atoms with Crippen LogP contribution in [0.15, 0.2) is 12.1 Å². The topological polar surface area (TPSA) is 39.7 Å². The van der Waals surface area contributed by atoms with Crippen LogP contribution in [0.3, 0.4) is 0 Å².